The van der Waals surface area contributed by atoms with Gasteiger partial charge in [0.1, 0.15) is 5.75 Å². The van der Waals surface area contributed by atoms with Crippen LogP contribution in [0.3, 0.4) is 0 Å². The fourth-order valence-electron chi connectivity index (χ4n) is 3.32. The number of hydrogen-bond donors (Lipinski definition) is 1. The van der Waals surface area contributed by atoms with Crippen LogP contribution in [0.1, 0.15) is 24.8 Å². The molecule has 2 rings (SSSR count). The number of hydrogen-bond acceptors (Lipinski definition) is 5. The molecule has 1 aromatic rings. The van der Waals surface area contributed by atoms with Gasteiger partial charge in [-0.15, -0.1) is 24.2 Å². The van der Waals surface area contributed by atoms with Crippen LogP contribution in [0.2, 0.25) is 0 Å². The van der Waals surface area contributed by atoms with Crippen molar-refractivity contribution in [3.63, 3.8) is 0 Å². The highest BCUT2D eigenvalue weighted by Crippen LogP contribution is 2.29. The molecule has 0 radical (unpaired) electrons. The van der Waals surface area contributed by atoms with Crippen molar-refractivity contribution in [1.82, 2.24) is 9.80 Å². The number of carboxylic acids is 1. The second-order valence-corrected chi connectivity index (χ2v) is 7.21. The summed E-state index contributed by atoms with van der Waals surface area (Å²) < 4.78 is 5.47. The maximum absolute atomic E-state index is 10.9. The van der Waals surface area contributed by atoms with E-state index < -0.39 is 5.97 Å². The third-order valence-corrected chi connectivity index (χ3v) is 5.43. The predicted octanol–water partition coefficient (Wildman–Crippen LogP) is 3.21. The zero-order valence-electron chi connectivity index (χ0n) is 15.2. The van der Waals surface area contributed by atoms with Gasteiger partial charge < -0.3 is 9.84 Å². The topological polar surface area (TPSA) is 53.0 Å². The van der Waals surface area contributed by atoms with Crippen molar-refractivity contribution in [3.8, 4) is 5.75 Å². The molecule has 0 aliphatic carbocycles. The summed E-state index contributed by atoms with van der Waals surface area (Å²) in [5, 5.41) is 8.96. The summed E-state index contributed by atoms with van der Waals surface area (Å²) in [6.45, 7) is 3.10. The van der Waals surface area contributed by atoms with Gasteiger partial charge in [0, 0.05) is 17.5 Å². The third kappa shape index (κ3) is 6.70. The molecular weight excluding hydrogens is 360 g/mol. The summed E-state index contributed by atoms with van der Waals surface area (Å²) in [5.74, 6) is 0.188. The van der Waals surface area contributed by atoms with Gasteiger partial charge in [0.25, 0.3) is 0 Å². The first-order valence-corrected chi connectivity index (χ1v) is 9.61. The zero-order valence-corrected chi connectivity index (χ0v) is 16.9. The largest absolute Gasteiger partial charge is 0.496 e. The molecule has 25 heavy (non-hydrogen) atoms. The number of likely N-dealkylation sites (tertiary alicyclic amines) is 1. The maximum Gasteiger partial charge on any atom is 0.317 e. The van der Waals surface area contributed by atoms with Gasteiger partial charge >= 0.3 is 5.97 Å². The van der Waals surface area contributed by atoms with E-state index in [9.17, 15) is 4.79 Å². The molecule has 1 saturated heterocycles. The average molecular weight is 389 g/mol. The predicted molar refractivity (Wildman–Crippen MR) is 105 cm³/mol. The Morgan fingerprint density at radius 3 is 2.80 bits per heavy atom. The summed E-state index contributed by atoms with van der Waals surface area (Å²) in [5.41, 5.74) is 1.27. The number of likely N-dealkylation sites (N-methyl/N-ethyl adjacent to an activating group) is 1. The van der Waals surface area contributed by atoms with Crippen molar-refractivity contribution in [3.05, 3.63) is 23.8 Å². The molecule has 5 nitrogen and oxygen atoms in total. The fourth-order valence-corrected chi connectivity index (χ4v) is 3.86. The lowest BCUT2D eigenvalue weighted by Crippen LogP contribution is -2.36. The van der Waals surface area contributed by atoms with Gasteiger partial charge in [0.05, 0.1) is 13.7 Å². The first-order chi connectivity index (χ1) is 11.5. The molecule has 1 aliphatic rings. The molecule has 142 valence electrons. The van der Waals surface area contributed by atoms with E-state index in [1.54, 1.807) is 18.9 Å². The Hall–Kier alpha value is -0.950. The highest BCUT2D eigenvalue weighted by Gasteiger charge is 2.21. The SMILES string of the molecule is COc1cc(CN2CCCC(N(C)CC(=O)O)CC2)ccc1SC.Cl. The molecule has 0 amide bonds. The van der Waals surface area contributed by atoms with E-state index in [-0.39, 0.29) is 19.0 Å². The van der Waals surface area contributed by atoms with Gasteiger partial charge in [-0.05, 0) is 63.4 Å². The Balaban J connectivity index is 0.00000312. The maximum atomic E-state index is 10.9. The number of nitrogens with zero attached hydrogens (tertiary/aromatic N) is 2. The van der Waals surface area contributed by atoms with E-state index in [4.69, 9.17) is 9.84 Å². The quantitative estimate of drug-likeness (QED) is 0.724. The minimum absolute atomic E-state index is 0. The molecule has 1 fully saturated rings. The molecule has 1 N–H and O–H groups in total. The van der Waals surface area contributed by atoms with Crippen LogP contribution >= 0.6 is 24.2 Å². The highest BCUT2D eigenvalue weighted by atomic mass is 35.5. The number of benzene rings is 1. The summed E-state index contributed by atoms with van der Waals surface area (Å²) in [6, 6.07) is 6.79. The van der Waals surface area contributed by atoms with Crippen LogP contribution in [0.4, 0.5) is 0 Å². The average Bonchev–Trinajstić information content (AvgIpc) is 2.79. The number of ether oxygens (including phenoxy) is 1. The number of halogens is 1. The lowest BCUT2D eigenvalue weighted by molar-refractivity contribution is -0.138. The fraction of sp³-hybridized carbons (Fsp3) is 0.611. The van der Waals surface area contributed by atoms with Crippen LogP contribution < -0.4 is 4.74 Å². The minimum atomic E-state index is -0.750. The van der Waals surface area contributed by atoms with Gasteiger partial charge in [-0.3, -0.25) is 14.6 Å². The summed E-state index contributed by atoms with van der Waals surface area (Å²) in [4.78, 5) is 16.5. The van der Waals surface area contributed by atoms with Gasteiger partial charge in [-0.1, -0.05) is 6.07 Å². The Morgan fingerprint density at radius 2 is 2.16 bits per heavy atom. The molecule has 1 unspecified atom stereocenters. The van der Waals surface area contributed by atoms with Gasteiger partial charge in [-0.25, -0.2) is 0 Å². The van der Waals surface area contributed by atoms with Crippen LogP contribution in [-0.2, 0) is 11.3 Å². The molecule has 1 heterocycles. The van der Waals surface area contributed by atoms with E-state index in [0.29, 0.717) is 6.04 Å². The summed E-state index contributed by atoms with van der Waals surface area (Å²) in [6.07, 6.45) is 5.24. The normalized spacial score (nSPS) is 18.5. The highest BCUT2D eigenvalue weighted by molar-refractivity contribution is 7.98. The van der Waals surface area contributed by atoms with Crippen molar-refractivity contribution >= 4 is 30.1 Å². The Morgan fingerprint density at radius 1 is 1.40 bits per heavy atom. The molecular formula is C18H29ClN2O3S. The molecule has 0 saturated carbocycles. The van der Waals surface area contributed by atoms with Gasteiger partial charge in [-0.2, -0.15) is 0 Å². The Labute approximate surface area is 161 Å². The monoisotopic (exact) mass is 388 g/mol. The lowest BCUT2D eigenvalue weighted by Gasteiger charge is -2.25. The lowest BCUT2D eigenvalue weighted by atomic mass is 10.1. The third-order valence-electron chi connectivity index (χ3n) is 4.65. The molecule has 0 spiro atoms. The summed E-state index contributed by atoms with van der Waals surface area (Å²) in [7, 11) is 3.63. The van der Waals surface area contributed by atoms with Crippen molar-refractivity contribution in [1.29, 1.82) is 0 Å². The number of thioether (sulfide) groups is 1. The molecule has 1 aliphatic heterocycles. The van der Waals surface area contributed by atoms with Crippen LogP contribution in [0.25, 0.3) is 0 Å². The number of aliphatic carboxylic acids is 1. The van der Waals surface area contributed by atoms with Crippen molar-refractivity contribution in [2.75, 3.05) is 40.0 Å². The summed E-state index contributed by atoms with van der Waals surface area (Å²) >= 11 is 1.69. The van der Waals surface area contributed by atoms with Crippen LogP contribution in [0.15, 0.2) is 23.1 Å². The van der Waals surface area contributed by atoms with Crippen LogP contribution in [0, 0.1) is 0 Å². The Kier molecular flexibility index (Phi) is 9.64. The van der Waals surface area contributed by atoms with E-state index in [1.165, 1.54) is 5.56 Å². The van der Waals surface area contributed by atoms with Crippen molar-refractivity contribution < 1.29 is 14.6 Å². The standard InChI is InChI=1S/C18H28N2O3S.ClH/c1-19(13-18(21)22)15-5-4-9-20(10-8-15)12-14-6-7-17(24-3)16(11-14)23-2;/h6-7,11,15H,4-5,8-10,12-13H2,1-3H3,(H,21,22);1H. The zero-order chi connectivity index (χ0) is 17.5. The molecule has 7 heteroatoms. The number of methoxy groups -OCH3 is 1. The van der Waals surface area contributed by atoms with E-state index in [0.717, 1.165) is 49.5 Å². The number of carbonyl (C=O) groups is 1. The molecule has 0 bridgehead atoms. The molecule has 1 atom stereocenters. The van der Waals surface area contributed by atoms with Crippen molar-refractivity contribution in [2.24, 2.45) is 0 Å². The van der Waals surface area contributed by atoms with Gasteiger partial charge in [0.15, 0.2) is 0 Å². The molecule has 0 aromatic heterocycles. The van der Waals surface area contributed by atoms with Gasteiger partial charge in [0.2, 0.25) is 0 Å². The second kappa shape index (κ2) is 10.9. The Bertz CT molecular complexity index is 559. The number of carboxylic acid groups (broad SMARTS) is 1. The first kappa shape index (κ1) is 22.1. The van der Waals surface area contributed by atoms with Crippen molar-refractivity contribution in [2.45, 2.75) is 36.7 Å². The smallest absolute Gasteiger partial charge is 0.317 e. The number of rotatable bonds is 7. The van der Waals surface area contributed by atoms with E-state index in [2.05, 4.69) is 29.4 Å². The molecule has 1 aromatic carbocycles. The first-order valence-electron chi connectivity index (χ1n) is 8.38. The van der Waals surface area contributed by atoms with Crippen LogP contribution in [-0.4, -0.2) is 67.0 Å². The van der Waals surface area contributed by atoms with Crippen LogP contribution in [0.5, 0.6) is 5.75 Å². The van der Waals surface area contributed by atoms with E-state index in [1.807, 2.05) is 11.9 Å². The second-order valence-electron chi connectivity index (χ2n) is 6.36. The minimum Gasteiger partial charge on any atom is -0.496 e. The van der Waals surface area contributed by atoms with E-state index >= 15 is 0 Å².